The highest BCUT2D eigenvalue weighted by Gasteiger charge is 2.19. The molecule has 7 heteroatoms. The van der Waals surface area contributed by atoms with Crippen molar-refractivity contribution in [3.8, 4) is 0 Å². The molecule has 0 aromatic carbocycles. The van der Waals surface area contributed by atoms with Gasteiger partial charge < -0.3 is 27.5 Å². The van der Waals surface area contributed by atoms with Crippen LogP contribution in [-0.4, -0.2) is 63.9 Å². The molecule has 0 N–H and O–H groups in total. The van der Waals surface area contributed by atoms with Crippen LogP contribution in [0.2, 0.25) is 0 Å². The van der Waals surface area contributed by atoms with E-state index in [0.717, 1.165) is 5.76 Å². The first kappa shape index (κ1) is 17.6. The van der Waals surface area contributed by atoms with E-state index < -0.39 is 9.53 Å². The predicted molar refractivity (Wildman–Crippen MR) is 68.1 cm³/mol. The molecule has 0 heterocycles. The van der Waals surface area contributed by atoms with Crippen LogP contribution in [0.25, 0.3) is 0 Å². The number of allylic oxidation sites excluding steroid dienone is 1. The Morgan fingerprint density at radius 3 is 1.83 bits per heavy atom. The summed E-state index contributed by atoms with van der Waals surface area (Å²) in [7, 11) is 3.05. The van der Waals surface area contributed by atoms with Gasteiger partial charge in [0.15, 0.2) is 0 Å². The van der Waals surface area contributed by atoms with Crippen molar-refractivity contribution < 1.29 is 27.5 Å². The first-order chi connectivity index (χ1) is 8.78. The second-order valence-electron chi connectivity index (χ2n) is 3.18. The van der Waals surface area contributed by atoms with Crippen LogP contribution in [0.3, 0.4) is 0 Å². The zero-order valence-electron chi connectivity index (χ0n) is 11.6. The van der Waals surface area contributed by atoms with Gasteiger partial charge in [0.1, 0.15) is 5.76 Å². The van der Waals surface area contributed by atoms with Crippen LogP contribution in [0, 0.1) is 0 Å². The van der Waals surface area contributed by atoms with Crippen LogP contribution in [0.1, 0.15) is 6.92 Å². The van der Waals surface area contributed by atoms with Crippen molar-refractivity contribution in [1.82, 2.24) is 0 Å². The van der Waals surface area contributed by atoms with Crippen molar-refractivity contribution in [1.29, 1.82) is 0 Å². The van der Waals surface area contributed by atoms with Crippen LogP contribution < -0.4 is 0 Å². The Kier molecular flexibility index (Phi) is 12.7. The molecule has 0 unspecified atom stereocenters. The van der Waals surface area contributed by atoms with Gasteiger partial charge in [-0.25, -0.2) is 0 Å². The molecule has 0 aromatic rings. The number of rotatable bonds is 12. The van der Waals surface area contributed by atoms with Gasteiger partial charge >= 0.3 is 9.53 Å². The molecule has 0 aromatic heterocycles. The molecular formula is C11H23O6Si. The van der Waals surface area contributed by atoms with E-state index in [2.05, 4.69) is 0 Å². The Hall–Kier alpha value is -0.443. The molecule has 107 valence electrons. The van der Waals surface area contributed by atoms with Crippen molar-refractivity contribution in [3.05, 3.63) is 11.8 Å². The van der Waals surface area contributed by atoms with Gasteiger partial charge in [-0.3, -0.25) is 0 Å². The number of ether oxygens (including phenoxy) is 3. The lowest BCUT2D eigenvalue weighted by molar-refractivity contribution is 0.0483. The summed E-state index contributed by atoms with van der Waals surface area (Å²) in [5, 5.41) is 0. The highest BCUT2D eigenvalue weighted by atomic mass is 28.3. The van der Waals surface area contributed by atoms with E-state index >= 15 is 0 Å². The third-order valence-electron chi connectivity index (χ3n) is 1.93. The zero-order valence-corrected chi connectivity index (χ0v) is 12.6. The minimum Gasteiger partial charge on any atom is -0.499 e. The van der Waals surface area contributed by atoms with E-state index in [4.69, 9.17) is 27.5 Å². The van der Waals surface area contributed by atoms with Gasteiger partial charge in [0, 0.05) is 14.2 Å². The van der Waals surface area contributed by atoms with E-state index in [0.29, 0.717) is 33.0 Å². The molecule has 0 rings (SSSR count). The highest BCUT2D eigenvalue weighted by Crippen LogP contribution is 2.00. The largest absolute Gasteiger partial charge is 0.578 e. The van der Waals surface area contributed by atoms with Gasteiger partial charge in [0.2, 0.25) is 0 Å². The fourth-order valence-electron chi connectivity index (χ4n) is 0.932. The van der Waals surface area contributed by atoms with Gasteiger partial charge in [-0.15, -0.1) is 0 Å². The average Bonchev–Trinajstić information content (AvgIpc) is 2.39. The maximum atomic E-state index is 5.53. The quantitative estimate of drug-likeness (QED) is 0.300. The zero-order chi connectivity index (χ0) is 13.6. The standard InChI is InChI=1S/C11H23O6Si/c1-5-11(14-4)10-17-18(15-8-6-12-2)16-9-7-13-3/h5H,6-10H2,1-4H3. The summed E-state index contributed by atoms with van der Waals surface area (Å²) >= 11 is 0. The van der Waals surface area contributed by atoms with Crippen LogP contribution >= 0.6 is 0 Å². The van der Waals surface area contributed by atoms with Crippen molar-refractivity contribution in [3.63, 3.8) is 0 Å². The molecule has 0 spiro atoms. The fourth-order valence-corrected chi connectivity index (χ4v) is 1.94. The summed E-state index contributed by atoms with van der Waals surface area (Å²) in [4.78, 5) is 0. The predicted octanol–water partition coefficient (Wildman–Crippen LogP) is 0.864. The van der Waals surface area contributed by atoms with Crippen molar-refractivity contribution in [2.45, 2.75) is 6.92 Å². The Morgan fingerprint density at radius 2 is 1.44 bits per heavy atom. The topological polar surface area (TPSA) is 55.4 Å². The van der Waals surface area contributed by atoms with Crippen LogP contribution in [0.4, 0.5) is 0 Å². The third kappa shape index (κ3) is 9.57. The highest BCUT2D eigenvalue weighted by molar-refractivity contribution is 6.36. The maximum absolute atomic E-state index is 5.53. The Morgan fingerprint density at radius 1 is 0.889 bits per heavy atom. The Labute approximate surface area is 111 Å². The molecule has 18 heavy (non-hydrogen) atoms. The van der Waals surface area contributed by atoms with Crippen molar-refractivity contribution >= 4 is 9.53 Å². The number of methoxy groups -OCH3 is 3. The van der Waals surface area contributed by atoms with Gasteiger partial charge in [0.05, 0.1) is 40.1 Å². The molecule has 0 saturated heterocycles. The van der Waals surface area contributed by atoms with E-state index in [-0.39, 0.29) is 0 Å². The number of hydrogen-bond acceptors (Lipinski definition) is 6. The smallest absolute Gasteiger partial charge is 0.499 e. The summed E-state index contributed by atoms with van der Waals surface area (Å²) in [6, 6.07) is 0. The van der Waals surface area contributed by atoms with E-state index in [1.807, 2.05) is 13.0 Å². The summed E-state index contributed by atoms with van der Waals surface area (Å²) in [5.74, 6) is 0.739. The van der Waals surface area contributed by atoms with Gasteiger partial charge in [-0.05, 0) is 13.0 Å². The minimum atomic E-state index is -1.79. The summed E-state index contributed by atoms with van der Waals surface area (Å²) < 4.78 is 31.4. The Balaban J connectivity index is 3.94. The molecule has 1 radical (unpaired) electrons. The van der Waals surface area contributed by atoms with Crippen molar-refractivity contribution in [2.75, 3.05) is 54.4 Å². The molecule has 0 fully saturated rings. The second kappa shape index (κ2) is 13.0. The molecule has 0 saturated carbocycles. The summed E-state index contributed by atoms with van der Waals surface area (Å²) in [5.41, 5.74) is 0. The van der Waals surface area contributed by atoms with Gasteiger partial charge in [0.25, 0.3) is 0 Å². The molecule has 0 atom stereocenters. The third-order valence-corrected chi connectivity index (χ3v) is 3.19. The van der Waals surface area contributed by atoms with Crippen LogP contribution in [0.15, 0.2) is 11.8 Å². The molecule has 6 nitrogen and oxygen atoms in total. The molecular weight excluding hydrogens is 256 g/mol. The maximum Gasteiger partial charge on any atom is 0.578 e. The SMILES string of the molecule is CC=C(CO[Si](OCCOC)OCCOC)OC. The lowest BCUT2D eigenvalue weighted by atomic mass is 10.5. The van der Waals surface area contributed by atoms with Gasteiger partial charge in [-0.1, -0.05) is 0 Å². The fraction of sp³-hybridized carbons (Fsp3) is 0.818. The van der Waals surface area contributed by atoms with E-state index in [1.165, 1.54) is 0 Å². The Bertz CT molecular complexity index is 202. The number of hydrogen-bond donors (Lipinski definition) is 0. The lowest BCUT2D eigenvalue weighted by Crippen LogP contribution is -2.31. The molecule has 0 aliphatic heterocycles. The average molecular weight is 279 g/mol. The van der Waals surface area contributed by atoms with E-state index in [1.54, 1.807) is 21.3 Å². The molecule has 0 aliphatic carbocycles. The lowest BCUT2D eigenvalue weighted by Gasteiger charge is -2.15. The molecule has 0 amide bonds. The molecule has 0 aliphatic rings. The monoisotopic (exact) mass is 279 g/mol. The first-order valence-corrected chi connectivity index (χ1v) is 6.93. The van der Waals surface area contributed by atoms with Crippen LogP contribution in [0.5, 0.6) is 0 Å². The van der Waals surface area contributed by atoms with Crippen molar-refractivity contribution in [2.24, 2.45) is 0 Å². The normalized spacial score (nSPS) is 12.2. The minimum absolute atomic E-state index is 0.335. The summed E-state index contributed by atoms with van der Waals surface area (Å²) in [6.07, 6.45) is 1.84. The van der Waals surface area contributed by atoms with Crippen LogP contribution in [-0.2, 0) is 27.5 Å². The van der Waals surface area contributed by atoms with Gasteiger partial charge in [-0.2, -0.15) is 0 Å². The first-order valence-electron chi connectivity index (χ1n) is 5.70. The second-order valence-corrected chi connectivity index (χ2v) is 4.55. The van der Waals surface area contributed by atoms with E-state index in [9.17, 15) is 0 Å². The molecule has 0 bridgehead atoms. The summed E-state index contributed by atoms with van der Waals surface area (Å²) in [6.45, 7) is 4.11.